The van der Waals surface area contributed by atoms with Gasteiger partial charge in [-0.3, -0.25) is 0 Å². The highest BCUT2D eigenvalue weighted by atomic mass is 14.9. The van der Waals surface area contributed by atoms with Crippen molar-refractivity contribution >= 4 is 5.69 Å². The summed E-state index contributed by atoms with van der Waals surface area (Å²) in [5.41, 5.74) is 5.62. The Kier molecular flexibility index (Phi) is 4.26. The molecule has 2 nitrogen and oxygen atoms in total. The molecule has 2 aromatic rings. The Morgan fingerprint density at radius 2 is 1.95 bits per heavy atom. The standard InChI is InChI=1S/C19H24N2/c1-14-12-17-13-16(8-9-19(17)21-14)18(10-11-20-2)15-6-4-3-5-7-15/h3-9,13-14,18,20-21H,10-12H2,1-2H3. The number of rotatable bonds is 5. The second-order valence-corrected chi connectivity index (χ2v) is 6.02. The molecule has 0 amide bonds. The van der Waals surface area contributed by atoms with Gasteiger partial charge in [-0.1, -0.05) is 42.5 Å². The van der Waals surface area contributed by atoms with E-state index in [2.05, 4.69) is 66.1 Å². The van der Waals surface area contributed by atoms with Crippen molar-refractivity contribution in [2.75, 3.05) is 18.9 Å². The van der Waals surface area contributed by atoms with E-state index in [-0.39, 0.29) is 0 Å². The largest absolute Gasteiger partial charge is 0.382 e. The Morgan fingerprint density at radius 3 is 2.71 bits per heavy atom. The van der Waals surface area contributed by atoms with Gasteiger partial charge in [-0.25, -0.2) is 0 Å². The van der Waals surface area contributed by atoms with Crippen LogP contribution in [0, 0.1) is 0 Å². The number of benzene rings is 2. The van der Waals surface area contributed by atoms with E-state index in [1.165, 1.54) is 22.4 Å². The van der Waals surface area contributed by atoms with Gasteiger partial charge in [0.05, 0.1) is 0 Å². The first kappa shape index (κ1) is 14.2. The minimum absolute atomic E-state index is 0.472. The number of fused-ring (bicyclic) bond motifs is 1. The molecule has 1 aliphatic heterocycles. The van der Waals surface area contributed by atoms with Crippen LogP contribution in [-0.4, -0.2) is 19.6 Å². The van der Waals surface area contributed by atoms with Crippen LogP contribution in [0.5, 0.6) is 0 Å². The fraction of sp³-hybridized carbons (Fsp3) is 0.368. The Morgan fingerprint density at radius 1 is 1.14 bits per heavy atom. The quantitative estimate of drug-likeness (QED) is 0.871. The number of nitrogens with one attached hydrogen (secondary N) is 2. The highest BCUT2D eigenvalue weighted by Crippen LogP contribution is 2.33. The zero-order chi connectivity index (χ0) is 14.7. The van der Waals surface area contributed by atoms with Crippen molar-refractivity contribution in [3.63, 3.8) is 0 Å². The van der Waals surface area contributed by atoms with Gasteiger partial charge in [0, 0.05) is 17.6 Å². The smallest absolute Gasteiger partial charge is 0.0375 e. The fourth-order valence-electron chi connectivity index (χ4n) is 3.29. The molecule has 21 heavy (non-hydrogen) atoms. The van der Waals surface area contributed by atoms with E-state index in [9.17, 15) is 0 Å². The molecule has 2 aromatic carbocycles. The van der Waals surface area contributed by atoms with Crippen molar-refractivity contribution in [3.05, 3.63) is 65.2 Å². The fourth-order valence-corrected chi connectivity index (χ4v) is 3.29. The normalized spacial score (nSPS) is 18.1. The van der Waals surface area contributed by atoms with Crippen molar-refractivity contribution < 1.29 is 0 Å². The van der Waals surface area contributed by atoms with Gasteiger partial charge in [-0.05, 0) is 56.1 Å². The van der Waals surface area contributed by atoms with Crippen molar-refractivity contribution in [2.24, 2.45) is 0 Å². The van der Waals surface area contributed by atoms with Gasteiger partial charge >= 0.3 is 0 Å². The summed E-state index contributed by atoms with van der Waals surface area (Å²) >= 11 is 0. The van der Waals surface area contributed by atoms with Gasteiger partial charge in [0.1, 0.15) is 0 Å². The van der Waals surface area contributed by atoms with E-state index in [0.29, 0.717) is 12.0 Å². The van der Waals surface area contributed by atoms with Crippen molar-refractivity contribution in [2.45, 2.75) is 31.7 Å². The molecule has 0 saturated carbocycles. The Balaban J connectivity index is 1.92. The lowest BCUT2D eigenvalue weighted by Crippen LogP contribution is -2.13. The average Bonchev–Trinajstić information content (AvgIpc) is 2.88. The number of anilines is 1. The van der Waals surface area contributed by atoms with Gasteiger partial charge in [0.2, 0.25) is 0 Å². The molecule has 1 heterocycles. The first-order valence-electron chi connectivity index (χ1n) is 7.87. The Labute approximate surface area is 127 Å². The minimum atomic E-state index is 0.472. The third-order valence-corrected chi connectivity index (χ3v) is 4.34. The van der Waals surface area contributed by atoms with E-state index in [1.54, 1.807) is 0 Å². The summed E-state index contributed by atoms with van der Waals surface area (Å²) in [5, 5.41) is 6.82. The molecule has 0 aliphatic carbocycles. The highest BCUT2D eigenvalue weighted by molar-refractivity contribution is 5.58. The maximum atomic E-state index is 3.53. The van der Waals surface area contributed by atoms with Crippen LogP contribution >= 0.6 is 0 Å². The highest BCUT2D eigenvalue weighted by Gasteiger charge is 2.20. The zero-order valence-electron chi connectivity index (χ0n) is 12.9. The monoisotopic (exact) mass is 280 g/mol. The summed E-state index contributed by atoms with van der Waals surface area (Å²) < 4.78 is 0. The summed E-state index contributed by atoms with van der Waals surface area (Å²) in [4.78, 5) is 0. The Bertz CT molecular complexity index is 592. The molecule has 0 aromatic heterocycles. The molecule has 0 fully saturated rings. The van der Waals surface area contributed by atoms with Crippen LogP contribution in [0.15, 0.2) is 48.5 Å². The predicted molar refractivity (Wildman–Crippen MR) is 90.1 cm³/mol. The van der Waals surface area contributed by atoms with Gasteiger partial charge < -0.3 is 10.6 Å². The summed E-state index contributed by atoms with van der Waals surface area (Å²) in [6, 6.07) is 18.4. The summed E-state index contributed by atoms with van der Waals surface area (Å²) in [7, 11) is 2.02. The molecular formula is C19H24N2. The SMILES string of the molecule is CNCCC(c1ccccc1)c1ccc2c(c1)CC(C)N2. The second-order valence-electron chi connectivity index (χ2n) is 6.02. The van der Waals surface area contributed by atoms with E-state index in [0.717, 1.165) is 19.4 Å². The van der Waals surface area contributed by atoms with E-state index >= 15 is 0 Å². The van der Waals surface area contributed by atoms with Crippen LogP contribution in [0.2, 0.25) is 0 Å². The van der Waals surface area contributed by atoms with E-state index in [1.807, 2.05) is 7.05 Å². The zero-order valence-corrected chi connectivity index (χ0v) is 12.9. The lowest BCUT2D eigenvalue weighted by molar-refractivity contribution is 0.661. The third-order valence-electron chi connectivity index (χ3n) is 4.34. The lowest BCUT2D eigenvalue weighted by atomic mass is 9.87. The summed E-state index contributed by atoms with van der Waals surface area (Å²) in [6.07, 6.45) is 2.26. The van der Waals surface area contributed by atoms with Crippen LogP contribution in [0.1, 0.15) is 36.0 Å². The first-order valence-corrected chi connectivity index (χ1v) is 7.87. The number of hydrogen-bond acceptors (Lipinski definition) is 2. The summed E-state index contributed by atoms with van der Waals surface area (Å²) in [6.45, 7) is 3.28. The molecule has 110 valence electrons. The van der Waals surface area contributed by atoms with Gasteiger partial charge in [-0.15, -0.1) is 0 Å². The van der Waals surface area contributed by atoms with Gasteiger partial charge in [-0.2, -0.15) is 0 Å². The molecule has 2 unspecified atom stereocenters. The molecule has 0 bridgehead atoms. The molecule has 2 heteroatoms. The third kappa shape index (κ3) is 3.11. The van der Waals surface area contributed by atoms with Crippen molar-refractivity contribution in [1.82, 2.24) is 5.32 Å². The van der Waals surface area contributed by atoms with Crippen LogP contribution in [0.4, 0.5) is 5.69 Å². The molecule has 1 aliphatic rings. The molecule has 0 spiro atoms. The molecule has 3 rings (SSSR count). The Hall–Kier alpha value is -1.80. The molecular weight excluding hydrogens is 256 g/mol. The van der Waals surface area contributed by atoms with Crippen LogP contribution in [-0.2, 0) is 6.42 Å². The number of hydrogen-bond donors (Lipinski definition) is 2. The van der Waals surface area contributed by atoms with Gasteiger partial charge in [0.25, 0.3) is 0 Å². The van der Waals surface area contributed by atoms with E-state index in [4.69, 9.17) is 0 Å². The van der Waals surface area contributed by atoms with Crippen molar-refractivity contribution in [3.8, 4) is 0 Å². The summed E-state index contributed by atoms with van der Waals surface area (Å²) in [5.74, 6) is 0.472. The molecule has 2 atom stereocenters. The second kappa shape index (κ2) is 6.31. The average molecular weight is 280 g/mol. The predicted octanol–water partition coefficient (Wildman–Crippen LogP) is 3.78. The maximum Gasteiger partial charge on any atom is 0.0375 e. The minimum Gasteiger partial charge on any atom is -0.382 e. The van der Waals surface area contributed by atoms with Gasteiger partial charge in [0.15, 0.2) is 0 Å². The molecule has 2 N–H and O–H groups in total. The topological polar surface area (TPSA) is 24.1 Å². The first-order chi connectivity index (χ1) is 10.3. The van der Waals surface area contributed by atoms with Crippen LogP contribution in [0.25, 0.3) is 0 Å². The van der Waals surface area contributed by atoms with Crippen LogP contribution in [0.3, 0.4) is 0 Å². The maximum absolute atomic E-state index is 3.53. The lowest BCUT2D eigenvalue weighted by Gasteiger charge is -2.19. The van der Waals surface area contributed by atoms with Crippen LogP contribution < -0.4 is 10.6 Å². The van der Waals surface area contributed by atoms with Crippen molar-refractivity contribution in [1.29, 1.82) is 0 Å². The van der Waals surface area contributed by atoms with E-state index < -0.39 is 0 Å². The molecule has 0 radical (unpaired) electrons. The molecule has 0 saturated heterocycles.